The molecule has 0 radical (unpaired) electrons. The Labute approximate surface area is 114 Å². The van der Waals surface area contributed by atoms with Crippen LogP contribution >= 0.6 is 0 Å². The third-order valence-corrected chi connectivity index (χ3v) is 3.99. The van der Waals surface area contributed by atoms with Crippen LogP contribution in [0.5, 0.6) is 0 Å². The maximum Gasteiger partial charge on any atom is 0.219 e. The molecule has 1 saturated heterocycles. The van der Waals surface area contributed by atoms with Crippen LogP contribution in [0.4, 0.5) is 0 Å². The van der Waals surface area contributed by atoms with Crippen LogP contribution in [0, 0.1) is 5.92 Å². The summed E-state index contributed by atoms with van der Waals surface area (Å²) in [7, 11) is 0. The average Bonchev–Trinajstić information content (AvgIpc) is 2.83. The highest BCUT2D eigenvalue weighted by Crippen LogP contribution is 2.32. The normalized spacial score (nSPS) is 22.8. The highest BCUT2D eigenvalue weighted by molar-refractivity contribution is 5.75. The molecule has 19 heavy (non-hydrogen) atoms. The van der Waals surface area contributed by atoms with Crippen LogP contribution in [-0.2, 0) is 9.59 Å². The Morgan fingerprint density at radius 3 is 2.68 bits per heavy atom. The third-order valence-electron chi connectivity index (χ3n) is 3.99. The lowest BCUT2D eigenvalue weighted by atomic mass is 9.88. The second-order valence-electron chi connectivity index (χ2n) is 5.66. The topological polar surface area (TPSA) is 37.4 Å². The fraction of sp³-hybridized carbons (Fsp3) is 0.500. The van der Waals surface area contributed by atoms with E-state index in [0.717, 1.165) is 6.29 Å². The van der Waals surface area contributed by atoms with Gasteiger partial charge in [-0.25, -0.2) is 0 Å². The first-order valence-corrected chi connectivity index (χ1v) is 6.83. The summed E-state index contributed by atoms with van der Waals surface area (Å²) in [6.45, 7) is 7.09. The molecule has 0 aromatic heterocycles. The van der Waals surface area contributed by atoms with Gasteiger partial charge in [0.05, 0.1) is 0 Å². The van der Waals surface area contributed by atoms with E-state index in [2.05, 4.69) is 32.0 Å². The number of benzene rings is 1. The number of amides is 1. The third kappa shape index (κ3) is 2.86. The maximum absolute atomic E-state index is 11.5. The van der Waals surface area contributed by atoms with Gasteiger partial charge in [0, 0.05) is 31.8 Å². The van der Waals surface area contributed by atoms with Gasteiger partial charge in [0.2, 0.25) is 5.91 Å². The lowest BCUT2D eigenvalue weighted by Crippen LogP contribution is -2.26. The molecular weight excluding hydrogens is 238 g/mol. The molecule has 1 heterocycles. The van der Waals surface area contributed by atoms with Gasteiger partial charge < -0.3 is 9.69 Å². The summed E-state index contributed by atoms with van der Waals surface area (Å²) in [5.74, 6) is 0.584. The number of hydrogen-bond acceptors (Lipinski definition) is 2. The first kappa shape index (κ1) is 13.8. The highest BCUT2D eigenvalue weighted by atomic mass is 16.2. The van der Waals surface area contributed by atoms with Crippen LogP contribution in [0.1, 0.15) is 43.7 Å². The Morgan fingerprint density at radius 2 is 2.11 bits per heavy atom. The summed E-state index contributed by atoms with van der Waals surface area (Å²) >= 11 is 0. The number of aldehydes is 1. The highest BCUT2D eigenvalue weighted by Gasteiger charge is 2.34. The second kappa shape index (κ2) is 5.55. The van der Waals surface area contributed by atoms with Gasteiger partial charge in [-0.3, -0.25) is 4.79 Å². The number of carbonyl (C=O) groups is 2. The van der Waals surface area contributed by atoms with Gasteiger partial charge >= 0.3 is 0 Å². The lowest BCUT2D eigenvalue weighted by molar-refractivity contribution is -0.128. The summed E-state index contributed by atoms with van der Waals surface area (Å²) in [5, 5.41) is 0. The average molecular weight is 259 g/mol. The molecular formula is C16H21NO2. The first-order valence-electron chi connectivity index (χ1n) is 6.83. The monoisotopic (exact) mass is 259 g/mol. The Hall–Kier alpha value is -1.64. The molecule has 1 unspecified atom stereocenters. The van der Waals surface area contributed by atoms with Crippen LogP contribution in [0.3, 0.4) is 0 Å². The van der Waals surface area contributed by atoms with E-state index in [-0.39, 0.29) is 17.7 Å². The van der Waals surface area contributed by atoms with Crippen molar-refractivity contribution in [2.45, 2.75) is 32.6 Å². The minimum atomic E-state index is -0.0775. The van der Waals surface area contributed by atoms with Crippen molar-refractivity contribution in [3.05, 3.63) is 35.4 Å². The molecule has 1 aromatic carbocycles. The van der Waals surface area contributed by atoms with E-state index in [1.165, 1.54) is 11.1 Å². The molecule has 0 N–H and O–H groups in total. The van der Waals surface area contributed by atoms with Crippen molar-refractivity contribution in [3.63, 3.8) is 0 Å². The molecule has 1 aliphatic heterocycles. The number of nitrogens with zero attached hydrogens (tertiary/aromatic N) is 1. The Kier molecular flexibility index (Phi) is 4.03. The molecule has 3 nitrogen and oxygen atoms in total. The molecule has 2 atom stereocenters. The minimum Gasteiger partial charge on any atom is -0.342 e. The largest absolute Gasteiger partial charge is 0.342 e. The van der Waals surface area contributed by atoms with Crippen molar-refractivity contribution in [1.82, 2.24) is 4.90 Å². The first-order chi connectivity index (χ1) is 9.02. The van der Waals surface area contributed by atoms with E-state index in [1.807, 2.05) is 6.07 Å². The van der Waals surface area contributed by atoms with Crippen molar-refractivity contribution in [1.29, 1.82) is 0 Å². The summed E-state index contributed by atoms with van der Waals surface area (Å²) in [6, 6.07) is 8.40. The van der Waals surface area contributed by atoms with Crippen LogP contribution in [-0.4, -0.2) is 30.2 Å². The minimum absolute atomic E-state index is 0.0503. The quantitative estimate of drug-likeness (QED) is 0.782. The van der Waals surface area contributed by atoms with Gasteiger partial charge in [-0.05, 0) is 17.0 Å². The molecule has 1 aliphatic rings. The molecule has 102 valence electrons. The van der Waals surface area contributed by atoms with Crippen molar-refractivity contribution in [2.24, 2.45) is 5.92 Å². The number of likely N-dealkylation sites (tertiary alicyclic amines) is 1. The van der Waals surface area contributed by atoms with Gasteiger partial charge in [0.15, 0.2) is 0 Å². The van der Waals surface area contributed by atoms with Crippen molar-refractivity contribution < 1.29 is 9.59 Å². The van der Waals surface area contributed by atoms with E-state index in [4.69, 9.17) is 0 Å². The molecule has 2 rings (SSSR count). The van der Waals surface area contributed by atoms with E-state index in [0.29, 0.717) is 19.0 Å². The van der Waals surface area contributed by atoms with E-state index < -0.39 is 0 Å². The number of hydrogen-bond donors (Lipinski definition) is 0. The smallest absolute Gasteiger partial charge is 0.219 e. The SMILES string of the molecule is CC(=O)N1CC(c2cccc(C(C)C)c2)[C@@H](C=O)C1. The van der Waals surface area contributed by atoms with Crippen LogP contribution < -0.4 is 0 Å². The van der Waals surface area contributed by atoms with Crippen LogP contribution in [0.25, 0.3) is 0 Å². The zero-order chi connectivity index (χ0) is 14.0. The molecule has 3 heteroatoms. The van der Waals surface area contributed by atoms with Gasteiger partial charge in [-0.2, -0.15) is 0 Å². The van der Waals surface area contributed by atoms with Gasteiger partial charge in [0.1, 0.15) is 6.29 Å². The van der Waals surface area contributed by atoms with Crippen molar-refractivity contribution in [3.8, 4) is 0 Å². The summed E-state index contributed by atoms with van der Waals surface area (Å²) < 4.78 is 0. The fourth-order valence-corrected chi connectivity index (χ4v) is 2.73. The number of carbonyl (C=O) groups excluding carboxylic acids is 2. The second-order valence-corrected chi connectivity index (χ2v) is 5.66. The molecule has 1 amide bonds. The van der Waals surface area contributed by atoms with Gasteiger partial charge in [-0.1, -0.05) is 38.1 Å². The molecule has 0 spiro atoms. The predicted octanol–water partition coefficient (Wildman–Crippen LogP) is 2.57. The standard InChI is InChI=1S/C16H21NO2/c1-11(2)13-5-4-6-14(7-13)16-9-17(12(3)19)8-15(16)10-18/h4-7,10-11,15-16H,8-9H2,1-3H3/t15-,16?/m1/s1. The molecule has 1 aromatic rings. The Morgan fingerprint density at radius 1 is 1.37 bits per heavy atom. The van der Waals surface area contributed by atoms with E-state index in [1.54, 1.807) is 11.8 Å². The van der Waals surface area contributed by atoms with E-state index in [9.17, 15) is 9.59 Å². The Bertz CT molecular complexity index is 481. The molecule has 0 bridgehead atoms. The molecule has 1 fully saturated rings. The summed E-state index contributed by atoms with van der Waals surface area (Å²) in [4.78, 5) is 24.5. The molecule has 0 aliphatic carbocycles. The lowest BCUT2D eigenvalue weighted by Gasteiger charge is -2.16. The zero-order valence-electron chi connectivity index (χ0n) is 11.8. The number of rotatable bonds is 3. The summed E-state index contributed by atoms with van der Waals surface area (Å²) in [5.41, 5.74) is 2.45. The van der Waals surface area contributed by atoms with Crippen LogP contribution in [0.2, 0.25) is 0 Å². The van der Waals surface area contributed by atoms with E-state index >= 15 is 0 Å². The van der Waals surface area contributed by atoms with Crippen molar-refractivity contribution >= 4 is 12.2 Å². The van der Waals surface area contributed by atoms with Gasteiger partial charge in [0.25, 0.3) is 0 Å². The zero-order valence-corrected chi connectivity index (χ0v) is 11.8. The fourth-order valence-electron chi connectivity index (χ4n) is 2.73. The van der Waals surface area contributed by atoms with Crippen molar-refractivity contribution in [2.75, 3.05) is 13.1 Å². The summed E-state index contributed by atoms with van der Waals surface area (Å²) in [6.07, 6.45) is 0.996. The maximum atomic E-state index is 11.5. The van der Waals surface area contributed by atoms with Crippen LogP contribution in [0.15, 0.2) is 24.3 Å². The Balaban J connectivity index is 2.27. The molecule has 0 saturated carbocycles. The van der Waals surface area contributed by atoms with Gasteiger partial charge in [-0.15, -0.1) is 0 Å². The predicted molar refractivity (Wildman–Crippen MR) is 75.1 cm³/mol.